The zero-order valence-corrected chi connectivity index (χ0v) is 9.89. The molecule has 0 bridgehead atoms. The Morgan fingerprint density at radius 1 is 1.69 bits per heavy atom. The molecule has 3 N–H and O–H groups in total. The van der Waals surface area contributed by atoms with Gasteiger partial charge in [0, 0.05) is 30.4 Å². The quantitative estimate of drug-likeness (QED) is 0.810. The number of aliphatic hydroxyl groups excluding tert-OH is 1. The molecule has 2 rings (SSSR count). The third-order valence-corrected chi connectivity index (χ3v) is 3.63. The normalized spacial score (nSPS) is 30.6. The minimum atomic E-state index is -0.391. The monoisotopic (exact) mass is 223 g/mol. The average molecular weight is 223 g/mol. The van der Waals surface area contributed by atoms with E-state index in [4.69, 9.17) is 5.73 Å². The Labute approximate surface area is 96.5 Å². The minimum absolute atomic E-state index is 0.0830. The third-order valence-electron chi connectivity index (χ3n) is 3.63. The fourth-order valence-electron chi connectivity index (χ4n) is 2.69. The van der Waals surface area contributed by atoms with Crippen LogP contribution in [0.15, 0.2) is 12.4 Å². The van der Waals surface area contributed by atoms with E-state index in [-0.39, 0.29) is 6.61 Å². The van der Waals surface area contributed by atoms with Gasteiger partial charge in [-0.2, -0.15) is 0 Å². The van der Waals surface area contributed by atoms with Crippen molar-refractivity contribution in [1.29, 1.82) is 0 Å². The number of hydrogen-bond donors (Lipinski definition) is 2. The molecule has 1 aromatic rings. The molecule has 1 aromatic heterocycles. The maximum absolute atomic E-state index is 9.34. The summed E-state index contributed by atoms with van der Waals surface area (Å²) in [7, 11) is 0. The molecule has 0 radical (unpaired) electrons. The highest BCUT2D eigenvalue weighted by atomic mass is 16.3. The van der Waals surface area contributed by atoms with Crippen molar-refractivity contribution in [1.82, 2.24) is 9.55 Å². The van der Waals surface area contributed by atoms with Crippen LogP contribution in [0.5, 0.6) is 0 Å². The lowest BCUT2D eigenvalue weighted by Crippen LogP contribution is -2.47. The topological polar surface area (TPSA) is 64.1 Å². The standard InChI is InChI=1S/C12H21N3O/c1-2-11-14-6-7-15(11)10-4-3-5-12(13,8-10)9-16/h6-7,10,16H,2-5,8-9,13H2,1H3. The van der Waals surface area contributed by atoms with Gasteiger partial charge in [-0.25, -0.2) is 4.98 Å². The first kappa shape index (κ1) is 11.6. The van der Waals surface area contributed by atoms with Gasteiger partial charge in [0.15, 0.2) is 0 Å². The fourth-order valence-corrected chi connectivity index (χ4v) is 2.69. The number of nitrogens with two attached hydrogens (primary N) is 1. The lowest BCUT2D eigenvalue weighted by Gasteiger charge is -2.37. The minimum Gasteiger partial charge on any atom is -0.394 e. The summed E-state index contributed by atoms with van der Waals surface area (Å²) in [5.41, 5.74) is 5.77. The molecule has 90 valence electrons. The zero-order chi connectivity index (χ0) is 11.6. The number of aromatic nitrogens is 2. The van der Waals surface area contributed by atoms with Crippen LogP contribution in [-0.2, 0) is 6.42 Å². The van der Waals surface area contributed by atoms with Crippen molar-refractivity contribution >= 4 is 0 Å². The van der Waals surface area contributed by atoms with Crippen LogP contribution in [0.1, 0.15) is 44.5 Å². The summed E-state index contributed by atoms with van der Waals surface area (Å²) in [4.78, 5) is 4.34. The Bertz CT molecular complexity index is 350. The molecule has 1 aliphatic rings. The molecule has 0 amide bonds. The van der Waals surface area contributed by atoms with Gasteiger partial charge in [-0.05, 0) is 25.7 Å². The van der Waals surface area contributed by atoms with Gasteiger partial charge in [0.25, 0.3) is 0 Å². The van der Waals surface area contributed by atoms with Crippen molar-refractivity contribution in [3.8, 4) is 0 Å². The zero-order valence-electron chi connectivity index (χ0n) is 9.89. The Balaban J connectivity index is 2.16. The van der Waals surface area contributed by atoms with Crippen LogP contribution >= 0.6 is 0 Å². The molecule has 0 spiro atoms. The molecule has 0 saturated heterocycles. The first-order valence-electron chi connectivity index (χ1n) is 6.10. The van der Waals surface area contributed by atoms with E-state index < -0.39 is 5.54 Å². The van der Waals surface area contributed by atoms with Crippen LogP contribution < -0.4 is 5.73 Å². The Morgan fingerprint density at radius 3 is 3.19 bits per heavy atom. The molecule has 1 heterocycles. The molecule has 0 aromatic carbocycles. The first-order valence-corrected chi connectivity index (χ1v) is 6.10. The molecule has 0 aliphatic heterocycles. The predicted octanol–water partition coefficient (Wildman–Crippen LogP) is 1.25. The number of rotatable bonds is 3. The second-order valence-corrected chi connectivity index (χ2v) is 4.87. The van der Waals surface area contributed by atoms with E-state index in [1.54, 1.807) is 0 Å². The second kappa shape index (κ2) is 4.55. The number of aryl methyl sites for hydroxylation is 1. The van der Waals surface area contributed by atoms with Gasteiger partial charge >= 0.3 is 0 Å². The second-order valence-electron chi connectivity index (χ2n) is 4.87. The number of aliphatic hydroxyl groups is 1. The molecule has 2 atom stereocenters. The van der Waals surface area contributed by atoms with Crippen molar-refractivity contribution in [3.05, 3.63) is 18.2 Å². The molecule has 4 heteroatoms. The van der Waals surface area contributed by atoms with E-state index in [1.165, 1.54) is 0 Å². The largest absolute Gasteiger partial charge is 0.394 e. The number of nitrogens with zero attached hydrogens (tertiary/aromatic N) is 2. The summed E-state index contributed by atoms with van der Waals surface area (Å²) in [5.74, 6) is 1.12. The molecule has 2 unspecified atom stereocenters. The first-order chi connectivity index (χ1) is 7.68. The predicted molar refractivity (Wildman–Crippen MR) is 63.1 cm³/mol. The lowest BCUT2D eigenvalue weighted by atomic mass is 9.80. The molecular weight excluding hydrogens is 202 g/mol. The van der Waals surface area contributed by atoms with Gasteiger partial charge in [-0.1, -0.05) is 6.92 Å². The molecule has 1 fully saturated rings. The van der Waals surface area contributed by atoms with Crippen molar-refractivity contribution < 1.29 is 5.11 Å². The molecule has 1 aliphatic carbocycles. The maximum atomic E-state index is 9.34. The van der Waals surface area contributed by atoms with Crippen LogP contribution in [-0.4, -0.2) is 26.8 Å². The fraction of sp³-hybridized carbons (Fsp3) is 0.750. The van der Waals surface area contributed by atoms with Gasteiger partial charge in [-0.15, -0.1) is 0 Å². The Kier molecular flexibility index (Phi) is 3.30. The highest BCUT2D eigenvalue weighted by molar-refractivity contribution is 5.00. The van der Waals surface area contributed by atoms with Crippen LogP contribution in [0.25, 0.3) is 0 Å². The summed E-state index contributed by atoms with van der Waals surface area (Å²) in [6, 6.07) is 0.406. The van der Waals surface area contributed by atoms with E-state index in [1.807, 2.05) is 12.4 Å². The summed E-state index contributed by atoms with van der Waals surface area (Å²) < 4.78 is 2.23. The van der Waals surface area contributed by atoms with Crippen molar-refractivity contribution in [3.63, 3.8) is 0 Å². The van der Waals surface area contributed by atoms with Crippen LogP contribution in [0, 0.1) is 0 Å². The van der Waals surface area contributed by atoms with Crippen molar-refractivity contribution in [2.45, 2.75) is 50.6 Å². The van der Waals surface area contributed by atoms with E-state index in [2.05, 4.69) is 16.5 Å². The summed E-state index contributed by atoms with van der Waals surface area (Å²) in [6.45, 7) is 2.20. The molecule has 4 nitrogen and oxygen atoms in total. The van der Waals surface area contributed by atoms with Crippen LogP contribution in [0.2, 0.25) is 0 Å². The SMILES string of the molecule is CCc1nccn1C1CCCC(N)(CO)C1. The van der Waals surface area contributed by atoms with E-state index in [0.717, 1.165) is 37.9 Å². The third kappa shape index (κ3) is 2.13. The Hall–Kier alpha value is -0.870. The van der Waals surface area contributed by atoms with Gasteiger partial charge < -0.3 is 15.4 Å². The summed E-state index contributed by atoms with van der Waals surface area (Å²) >= 11 is 0. The average Bonchev–Trinajstić information content (AvgIpc) is 2.77. The highest BCUT2D eigenvalue weighted by Crippen LogP contribution is 2.34. The molecule has 16 heavy (non-hydrogen) atoms. The van der Waals surface area contributed by atoms with Gasteiger partial charge in [0.1, 0.15) is 5.82 Å². The van der Waals surface area contributed by atoms with E-state index in [9.17, 15) is 5.11 Å². The summed E-state index contributed by atoms with van der Waals surface area (Å²) in [6.07, 6.45) is 8.84. The van der Waals surface area contributed by atoms with E-state index in [0.29, 0.717) is 6.04 Å². The summed E-state index contributed by atoms with van der Waals surface area (Å²) in [5, 5.41) is 9.34. The van der Waals surface area contributed by atoms with Crippen molar-refractivity contribution in [2.75, 3.05) is 6.61 Å². The lowest BCUT2D eigenvalue weighted by molar-refractivity contribution is 0.130. The van der Waals surface area contributed by atoms with E-state index >= 15 is 0 Å². The van der Waals surface area contributed by atoms with Crippen LogP contribution in [0.4, 0.5) is 0 Å². The van der Waals surface area contributed by atoms with Crippen molar-refractivity contribution in [2.24, 2.45) is 5.73 Å². The molecule has 1 saturated carbocycles. The highest BCUT2D eigenvalue weighted by Gasteiger charge is 2.33. The number of imidazole rings is 1. The smallest absolute Gasteiger partial charge is 0.108 e. The number of hydrogen-bond acceptors (Lipinski definition) is 3. The van der Waals surface area contributed by atoms with Gasteiger partial charge in [0.05, 0.1) is 6.61 Å². The van der Waals surface area contributed by atoms with Gasteiger partial charge in [-0.3, -0.25) is 0 Å². The molecular formula is C12H21N3O. The van der Waals surface area contributed by atoms with Crippen LogP contribution in [0.3, 0.4) is 0 Å². The van der Waals surface area contributed by atoms with Gasteiger partial charge in [0.2, 0.25) is 0 Å². The Morgan fingerprint density at radius 2 is 2.50 bits per heavy atom. The maximum Gasteiger partial charge on any atom is 0.108 e.